The molecule has 0 saturated carbocycles. The van der Waals surface area contributed by atoms with E-state index in [0.29, 0.717) is 0 Å². The molecule has 2 N–H and O–H groups in total. The maximum absolute atomic E-state index is 9.01. The van der Waals surface area contributed by atoms with Crippen LogP contribution in [0.25, 0.3) is 0 Å². The van der Waals surface area contributed by atoms with Gasteiger partial charge in [0, 0.05) is 12.1 Å². The molecule has 0 aliphatic rings. The van der Waals surface area contributed by atoms with Crippen molar-refractivity contribution >= 4 is 0 Å². The molecular weight excluding hydrogens is 218 g/mol. The number of hydrogen-bond acceptors (Lipinski definition) is 4. The average molecular weight is 239 g/mol. The maximum atomic E-state index is 9.01. The molecule has 1 rings (SSSR count). The Labute approximate surface area is 103 Å². The van der Waals surface area contributed by atoms with Crippen LogP contribution in [0.15, 0.2) is 18.2 Å². The monoisotopic (exact) mass is 239 g/mol. The summed E-state index contributed by atoms with van der Waals surface area (Å²) in [6, 6.07) is 6.04. The van der Waals surface area contributed by atoms with E-state index in [9.17, 15) is 0 Å². The van der Waals surface area contributed by atoms with Gasteiger partial charge >= 0.3 is 0 Å². The van der Waals surface area contributed by atoms with Gasteiger partial charge in [0.2, 0.25) is 0 Å². The minimum Gasteiger partial charge on any atom is -0.493 e. The number of aliphatic hydroxyl groups excluding tert-OH is 1. The Hall–Kier alpha value is -1.26. The molecule has 0 spiro atoms. The van der Waals surface area contributed by atoms with Crippen LogP contribution in [0, 0.1) is 0 Å². The summed E-state index contributed by atoms with van der Waals surface area (Å²) < 4.78 is 10.4. The number of nitrogens with one attached hydrogen (secondary N) is 1. The molecule has 0 aliphatic carbocycles. The lowest BCUT2D eigenvalue weighted by Gasteiger charge is -2.19. The number of methoxy groups -OCH3 is 2. The summed E-state index contributed by atoms with van der Waals surface area (Å²) in [5.41, 5.74) is 1.10. The summed E-state index contributed by atoms with van der Waals surface area (Å²) in [5, 5.41) is 12.3. The third-order valence-corrected chi connectivity index (χ3v) is 2.72. The second-order valence-electron chi connectivity index (χ2n) is 4.09. The molecule has 2 unspecified atom stereocenters. The Balaban J connectivity index is 2.84. The maximum Gasteiger partial charge on any atom is 0.161 e. The van der Waals surface area contributed by atoms with Crippen LogP contribution >= 0.6 is 0 Å². The fourth-order valence-corrected chi connectivity index (χ4v) is 1.70. The first-order valence-electron chi connectivity index (χ1n) is 5.71. The second kappa shape index (κ2) is 6.47. The van der Waals surface area contributed by atoms with Crippen molar-refractivity contribution in [3.05, 3.63) is 23.8 Å². The van der Waals surface area contributed by atoms with Crippen LogP contribution in [0.1, 0.15) is 25.5 Å². The molecule has 0 amide bonds. The molecule has 0 bridgehead atoms. The van der Waals surface area contributed by atoms with Crippen LogP contribution in [0.3, 0.4) is 0 Å². The van der Waals surface area contributed by atoms with Gasteiger partial charge in [-0.05, 0) is 31.5 Å². The Morgan fingerprint density at radius 3 is 2.35 bits per heavy atom. The van der Waals surface area contributed by atoms with Gasteiger partial charge in [0.15, 0.2) is 11.5 Å². The van der Waals surface area contributed by atoms with Crippen LogP contribution in [-0.4, -0.2) is 32.0 Å². The van der Waals surface area contributed by atoms with E-state index in [4.69, 9.17) is 14.6 Å². The third kappa shape index (κ3) is 3.61. The fourth-order valence-electron chi connectivity index (χ4n) is 1.70. The molecule has 4 nitrogen and oxygen atoms in total. The lowest BCUT2D eigenvalue weighted by atomic mass is 10.1. The molecule has 4 heteroatoms. The van der Waals surface area contributed by atoms with Gasteiger partial charge in [-0.1, -0.05) is 6.07 Å². The lowest BCUT2D eigenvalue weighted by molar-refractivity contribution is 0.243. The van der Waals surface area contributed by atoms with Gasteiger partial charge in [-0.15, -0.1) is 0 Å². The Morgan fingerprint density at radius 2 is 1.82 bits per heavy atom. The van der Waals surface area contributed by atoms with Crippen molar-refractivity contribution in [2.75, 3.05) is 20.8 Å². The third-order valence-electron chi connectivity index (χ3n) is 2.72. The summed E-state index contributed by atoms with van der Waals surface area (Å²) in [4.78, 5) is 0. The van der Waals surface area contributed by atoms with E-state index < -0.39 is 0 Å². The number of ether oxygens (including phenoxy) is 2. The second-order valence-corrected chi connectivity index (χ2v) is 4.09. The molecule has 0 heterocycles. The number of benzene rings is 1. The Bertz CT molecular complexity index is 355. The average Bonchev–Trinajstić information content (AvgIpc) is 2.37. The van der Waals surface area contributed by atoms with E-state index in [-0.39, 0.29) is 18.7 Å². The van der Waals surface area contributed by atoms with Crippen LogP contribution in [0.4, 0.5) is 0 Å². The van der Waals surface area contributed by atoms with Gasteiger partial charge in [-0.25, -0.2) is 0 Å². The van der Waals surface area contributed by atoms with Gasteiger partial charge in [-0.2, -0.15) is 0 Å². The summed E-state index contributed by atoms with van der Waals surface area (Å²) in [5.74, 6) is 1.44. The molecular formula is C13H21NO3. The van der Waals surface area contributed by atoms with E-state index >= 15 is 0 Å². The molecule has 0 fully saturated rings. The molecule has 0 radical (unpaired) electrons. The SMILES string of the molecule is COc1ccc(C(C)NC(C)CO)cc1OC. The van der Waals surface area contributed by atoms with Crippen molar-refractivity contribution in [3.8, 4) is 11.5 Å². The highest BCUT2D eigenvalue weighted by Gasteiger charge is 2.11. The molecule has 0 aromatic heterocycles. The standard InChI is InChI=1S/C13H21NO3/c1-9(8-15)14-10(2)11-5-6-12(16-3)13(7-11)17-4/h5-7,9-10,14-15H,8H2,1-4H3. The predicted octanol–water partition coefficient (Wildman–Crippen LogP) is 1.74. The fraction of sp³-hybridized carbons (Fsp3) is 0.538. The number of hydrogen-bond donors (Lipinski definition) is 2. The van der Waals surface area contributed by atoms with Crippen molar-refractivity contribution in [1.29, 1.82) is 0 Å². The topological polar surface area (TPSA) is 50.7 Å². The summed E-state index contributed by atoms with van der Waals surface area (Å²) in [6.07, 6.45) is 0. The van der Waals surface area contributed by atoms with E-state index in [1.165, 1.54) is 0 Å². The zero-order chi connectivity index (χ0) is 12.8. The first-order chi connectivity index (χ1) is 8.12. The van der Waals surface area contributed by atoms with Crippen molar-refractivity contribution in [3.63, 3.8) is 0 Å². The van der Waals surface area contributed by atoms with Gasteiger partial charge in [0.05, 0.1) is 20.8 Å². The molecule has 1 aromatic rings. The first-order valence-corrected chi connectivity index (χ1v) is 5.71. The van der Waals surface area contributed by atoms with Gasteiger partial charge < -0.3 is 19.9 Å². The highest BCUT2D eigenvalue weighted by Crippen LogP contribution is 2.29. The van der Waals surface area contributed by atoms with Gasteiger partial charge in [0.1, 0.15) is 0 Å². The number of aliphatic hydroxyl groups is 1. The van der Waals surface area contributed by atoms with Crippen molar-refractivity contribution in [1.82, 2.24) is 5.32 Å². The quantitative estimate of drug-likeness (QED) is 0.794. The minimum atomic E-state index is 0.0677. The summed E-state index contributed by atoms with van der Waals surface area (Å²) in [7, 11) is 3.24. The molecule has 96 valence electrons. The van der Waals surface area contributed by atoms with Gasteiger partial charge in [-0.3, -0.25) is 0 Å². The Morgan fingerprint density at radius 1 is 1.18 bits per heavy atom. The molecule has 0 saturated heterocycles. The zero-order valence-electron chi connectivity index (χ0n) is 10.9. The van der Waals surface area contributed by atoms with E-state index in [2.05, 4.69) is 5.32 Å². The van der Waals surface area contributed by atoms with E-state index in [1.54, 1.807) is 14.2 Å². The number of rotatable bonds is 6. The molecule has 17 heavy (non-hydrogen) atoms. The smallest absolute Gasteiger partial charge is 0.161 e. The summed E-state index contributed by atoms with van der Waals surface area (Å²) >= 11 is 0. The highest BCUT2D eigenvalue weighted by atomic mass is 16.5. The normalized spacial score (nSPS) is 14.2. The lowest BCUT2D eigenvalue weighted by Crippen LogP contribution is -2.31. The van der Waals surface area contributed by atoms with Crippen molar-refractivity contribution in [2.24, 2.45) is 0 Å². The van der Waals surface area contributed by atoms with Crippen LogP contribution < -0.4 is 14.8 Å². The Kier molecular flexibility index (Phi) is 5.25. The molecule has 0 aliphatic heterocycles. The minimum absolute atomic E-state index is 0.0677. The van der Waals surface area contributed by atoms with Crippen LogP contribution in [0.2, 0.25) is 0 Å². The highest BCUT2D eigenvalue weighted by molar-refractivity contribution is 5.43. The van der Waals surface area contributed by atoms with E-state index in [1.807, 2.05) is 32.0 Å². The van der Waals surface area contributed by atoms with E-state index in [0.717, 1.165) is 17.1 Å². The van der Waals surface area contributed by atoms with Crippen LogP contribution in [-0.2, 0) is 0 Å². The van der Waals surface area contributed by atoms with Crippen LogP contribution in [0.5, 0.6) is 11.5 Å². The van der Waals surface area contributed by atoms with Gasteiger partial charge in [0.25, 0.3) is 0 Å². The molecule has 2 atom stereocenters. The first kappa shape index (κ1) is 13.8. The summed E-state index contributed by atoms with van der Waals surface area (Å²) in [6.45, 7) is 4.11. The molecule has 1 aromatic carbocycles. The van der Waals surface area contributed by atoms with Crippen molar-refractivity contribution < 1.29 is 14.6 Å². The zero-order valence-corrected chi connectivity index (χ0v) is 10.9. The largest absolute Gasteiger partial charge is 0.493 e. The van der Waals surface area contributed by atoms with Crippen molar-refractivity contribution in [2.45, 2.75) is 25.9 Å². The predicted molar refractivity (Wildman–Crippen MR) is 67.6 cm³/mol.